The predicted molar refractivity (Wildman–Crippen MR) is 89.8 cm³/mol. The highest BCUT2D eigenvalue weighted by molar-refractivity contribution is 6.30. The lowest BCUT2D eigenvalue weighted by atomic mass is 9.93. The summed E-state index contributed by atoms with van der Waals surface area (Å²) >= 11 is 5.73. The van der Waals surface area contributed by atoms with Crippen molar-refractivity contribution < 1.29 is 24.4 Å². The molecule has 8 nitrogen and oxygen atoms in total. The summed E-state index contributed by atoms with van der Waals surface area (Å²) < 4.78 is 5.36. The maximum absolute atomic E-state index is 12.3. The van der Waals surface area contributed by atoms with Gasteiger partial charge in [0.15, 0.2) is 5.75 Å². The normalized spacial score (nSPS) is 20.2. The molecule has 0 aliphatic carbocycles. The van der Waals surface area contributed by atoms with Crippen molar-refractivity contribution in [2.75, 3.05) is 13.2 Å². The fraction of sp³-hybridized carbons (Fsp3) is 0.500. The Hall–Kier alpha value is -2.35. The molecule has 1 aliphatic rings. The minimum Gasteiger partial charge on any atom is -0.486 e. The number of carboxylic acids is 1. The van der Waals surface area contributed by atoms with Crippen molar-refractivity contribution >= 4 is 29.2 Å². The molecule has 1 aliphatic heterocycles. The van der Waals surface area contributed by atoms with Gasteiger partial charge in [-0.1, -0.05) is 11.6 Å². The first-order chi connectivity index (χ1) is 11.8. The molecule has 1 aromatic carbocycles. The van der Waals surface area contributed by atoms with E-state index in [0.29, 0.717) is 12.8 Å². The zero-order chi connectivity index (χ0) is 18.6. The molecule has 1 heterocycles. The van der Waals surface area contributed by atoms with Crippen molar-refractivity contribution in [1.82, 2.24) is 4.90 Å². The number of halogens is 1. The van der Waals surface area contributed by atoms with E-state index in [1.165, 1.54) is 18.2 Å². The van der Waals surface area contributed by atoms with Crippen molar-refractivity contribution in [3.05, 3.63) is 33.3 Å². The number of hydrogen-bond acceptors (Lipinski definition) is 5. The molecule has 2 atom stereocenters. The molecule has 9 heteroatoms. The molecule has 2 rings (SSSR count). The Kier molecular flexibility index (Phi) is 6.19. The van der Waals surface area contributed by atoms with Gasteiger partial charge in [0.1, 0.15) is 0 Å². The van der Waals surface area contributed by atoms with Crippen LogP contribution in [-0.4, -0.2) is 46.0 Å². The summed E-state index contributed by atoms with van der Waals surface area (Å²) in [5.41, 5.74) is -0.266. The number of piperidine rings is 1. The van der Waals surface area contributed by atoms with Crippen LogP contribution in [0.4, 0.5) is 5.69 Å². The van der Waals surface area contributed by atoms with Gasteiger partial charge < -0.3 is 14.7 Å². The van der Waals surface area contributed by atoms with E-state index < -0.39 is 16.8 Å². The van der Waals surface area contributed by atoms with Gasteiger partial charge in [-0.2, -0.15) is 0 Å². The second kappa shape index (κ2) is 8.15. The summed E-state index contributed by atoms with van der Waals surface area (Å²) in [6.07, 6.45) is 1.19. The number of carbonyl (C=O) groups excluding carboxylic acids is 1. The molecular formula is C16H19ClN2O6. The van der Waals surface area contributed by atoms with E-state index in [1.807, 2.05) is 6.92 Å². The van der Waals surface area contributed by atoms with Gasteiger partial charge in [0.2, 0.25) is 5.91 Å². The average Bonchev–Trinajstić information content (AvgIpc) is 2.56. The van der Waals surface area contributed by atoms with Crippen LogP contribution < -0.4 is 4.74 Å². The Balaban J connectivity index is 1.94. The number of nitro benzene ring substituents is 1. The molecular weight excluding hydrogens is 352 g/mol. The third-order valence-corrected chi connectivity index (χ3v) is 4.48. The van der Waals surface area contributed by atoms with Crippen LogP contribution >= 0.6 is 11.6 Å². The predicted octanol–water partition coefficient (Wildman–Crippen LogP) is 2.73. The minimum absolute atomic E-state index is 0.0104. The van der Waals surface area contributed by atoms with Gasteiger partial charge in [-0.05, 0) is 31.9 Å². The van der Waals surface area contributed by atoms with E-state index in [4.69, 9.17) is 21.4 Å². The monoisotopic (exact) mass is 370 g/mol. The van der Waals surface area contributed by atoms with Crippen LogP contribution in [0.1, 0.15) is 26.2 Å². The van der Waals surface area contributed by atoms with E-state index in [0.717, 1.165) is 0 Å². The number of likely N-dealkylation sites (tertiary alicyclic amines) is 1. The standard InChI is InChI=1S/C16H19ClN2O6/c1-10-2-3-11(16(21)22)9-18(10)15(20)6-7-25-14-5-4-12(17)8-13(14)19(23)24/h4-5,8,10-11H,2-3,6-7,9H2,1H3,(H,21,22). The number of rotatable bonds is 6. The molecule has 1 N–H and O–H groups in total. The molecule has 0 saturated carbocycles. The molecule has 1 aromatic rings. The van der Waals surface area contributed by atoms with Gasteiger partial charge in [0, 0.05) is 23.7 Å². The third kappa shape index (κ3) is 4.82. The highest BCUT2D eigenvalue weighted by Gasteiger charge is 2.32. The molecule has 0 aromatic heterocycles. The molecule has 0 spiro atoms. The fourth-order valence-corrected chi connectivity index (χ4v) is 2.97. The van der Waals surface area contributed by atoms with E-state index in [1.54, 1.807) is 4.90 Å². The van der Waals surface area contributed by atoms with Crippen LogP contribution in [0.3, 0.4) is 0 Å². The average molecular weight is 371 g/mol. The van der Waals surface area contributed by atoms with Crippen LogP contribution in [0.5, 0.6) is 5.75 Å². The Morgan fingerprint density at radius 3 is 2.80 bits per heavy atom. The molecule has 1 fully saturated rings. The summed E-state index contributed by atoms with van der Waals surface area (Å²) in [6.45, 7) is 2.01. The summed E-state index contributed by atoms with van der Waals surface area (Å²) in [5, 5.41) is 20.3. The smallest absolute Gasteiger partial charge is 0.312 e. The van der Waals surface area contributed by atoms with Crippen molar-refractivity contribution in [3.8, 4) is 5.75 Å². The number of carboxylic acid groups (broad SMARTS) is 1. The maximum Gasteiger partial charge on any atom is 0.312 e. The topological polar surface area (TPSA) is 110 Å². The lowest BCUT2D eigenvalue weighted by Gasteiger charge is -2.36. The molecule has 1 amide bonds. The van der Waals surface area contributed by atoms with Crippen LogP contribution in [0, 0.1) is 16.0 Å². The summed E-state index contributed by atoms with van der Waals surface area (Å²) in [7, 11) is 0. The first kappa shape index (κ1) is 19.0. The third-order valence-electron chi connectivity index (χ3n) is 4.24. The molecule has 2 unspecified atom stereocenters. The second-order valence-electron chi connectivity index (χ2n) is 5.98. The molecule has 136 valence electrons. The van der Waals surface area contributed by atoms with E-state index in [9.17, 15) is 19.7 Å². The van der Waals surface area contributed by atoms with Crippen molar-refractivity contribution in [2.45, 2.75) is 32.2 Å². The summed E-state index contributed by atoms with van der Waals surface area (Å²) in [4.78, 5) is 35.4. The van der Waals surface area contributed by atoms with E-state index in [-0.39, 0.29) is 48.0 Å². The van der Waals surface area contributed by atoms with Crippen LogP contribution in [0.2, 0.25) is 5.02 Å². The minimum atomic E-state index is -0.905. The van der Waals surface area contributed by atoms with Crippen LogP contribution in [-0.2, 0) is 9.59 Å². The Morgan fingerprint density at radius 2 is 2.16 bits per heavy atom. The van der Waals surface area contributed by atoms with Crippen molar-refractivity contribution in [1.29, 1.82) is 0 Å². The van der Waals surface area contributed by atoms with Gasteiger partial charge in [-0.15, -0.1) is 0 Å². The molecule has 25 heavy (non-hydrogen) atoms. The number of ether oxygens (including phenoxy) is 1. The maximum atomic E-state index is 12.3. The van der Waals surface area contributed by atoms with Gasteiger partial charge in [-0.3, -0.25) is 19.7 Å². The first-order valence-corrected chi connectivity index (χ1v) is 8.26. The van der Waals surface area contributed by atoms with Crippen molar-refractivity contribution in [3.63, 3.8) is 0 Å². The highest BCUT2D eigenvalue weighted by Crippen LogP contribution is 2.30. The Morgan fingerprint density at radius 1 is 1.44 bits per heavy atom. The van der Waals surface area contributed by atoms with Gasteiger partial charge >= 0.3 is 11.7 Å². The number of nitrogens with zero attached hydrogens (tertiary/aromatic N) is 2. The molecule has 0 radical (unpaired) electrons. The number of amides is 1. The van der Waals surface area contributed by atoms with Gasteiger partial charge in [0.25, 0.3) is 0 Å². The molecule has 0 bridgehead atoms. The van der Waals surface area contributed by atoms with E-state index >= 15 is 0 Å². The van der Waals surface area contributed by atoms with Crippen LogP contribution in [0.25, 0.3) is 0 Å². The van der Waals surface area contributed by atoms with Crippen molar-refractivity contribution in [2.24, 2.45) is 5.92 Å². The number of aliphatic carboxylic acids is 1. The van der Waals surface area contributed by atoms with Gasteiger partial charge in [-0.25, -0.2) is 0 Å². The Labute approximate surface area is 149 Å². The zero-order valence-corrected chi connectivity index (χ0v) is 14.4. The fourth-order valence-electron chi connectivity index (χ4n) is 2.80. The Bertz CT molecular complexity index is 681. The van der Waals surface area contributed by atoms with Crippen LogP contribution in [0.15, 0.2) is 18.2 Å². The highest BCUT2D eigenvalue weighted by atomic mass is 35.5. The lowest BCUT2D eigenvalue weighted by molar-refractivity contribution is -0.385. The summed E-state index contributed by atoms with van der Waals surface area (Å²) in [6, 6.07) is 4.00. The zero-order valence-electron chi connectivity index (χ0n) is 13.7. The number of hydrogen-bond donors (Lipinski definition) is 1. The van der Waals surface area contributed by atoms with E-state index in [2.05, 4.69) is 0 Å². The lowest BCUT2D eigenvalue weighted by Crippen LogP contribution is -2.47. The largest absolute Gasteiger partial charge is 0.486 e. The second-order valence-corrected chi connectivity index (χ2v) is 6.41. The van der Waals surface area contributed by atoms with Gasteiger partial charge in [0.05, 0.1) is 23.9 Å². The number of benzene rings is 1. The number of nitro groups is 1. The first-order valence-electron chi connectivity index (χ1n) is 7.88. The molecule has 1 saturated heterocycles. The summed E-state index contributed by atoms with van der Waals surface area (Å²) in [5.74, 6) is -1.65. The SMILES string of the molecule is CC1CCC(C(=O)O)CN1C(=O)CCOc1ccc(Cl)cc1[N+](=O)[O-]. The number of carbonyl (C=O) groups is 2. The quantitative estimate of drug-likeness (QED) is 0.609.